The van der Waals surface area contributed by atoms with Crippen LogP contribution in [0.4, 0.5) is 0 Å². The molecule has 170 valence electrons. The van der Waals surface area contributed by atoms with Crippen LogP contribution in [0.25, 0.3) is 0 Å². The third kappa shape index (κ3) is 5.91. The Balaban J connectivity index is 1.53. The molecule has 0 unspecified atom stereocenters. The summed E-state index contributed by atoms with van der Waals surface area (Å²) < 4.78 is 16.8. The average molecular weight is 430 g/mol. The van der Waals surface area contributed by atoms with Crippen LogP contribution in [0.15, 0.2) is 33.8 Å². The van der Waals surface area contributed by atoms with Crippen LogP contribution in [0.3, 0.4) is 0 Å². The van der Waals surface area contributed by atoms with Gasteiger partial charge < -0.3 is 24.1 Å². The van der Waals surface area contributed by atoms with E-state index in [0.717, 1.165) is 61.5 Å². The monoisotopic (exact) mass is 429 g/mol. The Bertz CT molecular complexity index is 880. The van der Waals surface area contributed by atoms with Gasteiger partial charge in [0.1, 0.15) is 17.3 Å². The highest BCUT2D eigenvalue weighted by atomic mass is 16.5. The van der Waals surface area contributed by atoms with E-state index in [2.05, 4.69) is 45.9 Å². The lowest BCUT2D eigenvalue weighted by atomic mass is 9.94. The van der Waals surface area contributed by atoms with Crippen molar-refractivity contribution in [3.8, 4) is 11.5 Å². The number of hydrogen-bond acceptors (Lipinski definition) is 6. The molecule has 0 aliphatic carbocycles. The SMILES string of the molecule is CN=C(NCc1ncc(C(C)(C)C)o1)N1CCN(Cc2cc(OC)ccc2OC)CC1. The Kier molecular flexibility index (Phi) is 7.43. The number of ether oxygens (including phenoxy) is 2. The highest BCUT2D eigenvalue weighted by Crippen LogP contribution is 2.26. The van der Waals surface area contributed by atoms with Gasteiger partial charge in [-0.05, 0) is 18.2 Å². The normalized spacial score (nSPS) is 15.8. The Labute approximate surface area is 185 Å². The molecule has 1 saturated heterocycles. The molecule has 2 aromatic rings. The minimum absolute atomic E-state index is 0.0469. The summed E-state index contributed by atoms with van der Waals surface area (Å²) in [6, 6.07) is 5.94. The van der Waals surface area contributed by atoms with Crippen molar-refractivity contribution in [1.82, 2.24) is 20.1 Å². The number of aromatic nitrogens is 1. The van der Waals surface area contributed by atoms with Crippen molar-refractivity contribution in [1.29, 1.82) is 0 Å². The Morgan fingerprint density at radius 2 is 1.90 bits per heavy atom. The molecule has 0 amide bonds. The van der Waals surface area contributed by atoms with Gasteiger partial charge in [-0.3, -0.25) is 9.89 Å². The third-order valence-corrected chi connectivity index (χ3v) is 5.46. The summed E-state index contributed by atoms with van der Waals surface area (Å²) in [6.45, 7) is 11.4. The highest BCUT2D eigenvalue weighted by Gasteiger charge is 2.22. The standard InChI is InChI=1S/C23H35N5O3/c1-23(2,3)20-14-25-21(31-20)15-26-22(24-4)28-11-9-27(10-12-28)16-17-13-18(29-5)7-8-19(17)30-6/h7-8,13-14H,9-12,15-16H2,1-6H3,(H,24,26). The van der Waals surface area contributed by atoms with Crippen LogP contribution >= 0.6 is 0 Å². The van der Waals surface area contributed by atoms with Crippen molar-refractivity contribution in [3.05, 3.63) is 41.6 Å². The van der Waals surface area contributed by atoms with Gasteiger partial charge in [0.15, 0.2) is 5.96 Å². The van der Waals surface area contributed by atoms with Crippen molar-refractivity contribution >= 4 is 5.96 Å². The smallest absolute Gasteiger partial charge is 0.213 e. The second-order valence-corrected chi connectivity index (χ2v) is 8.71. The average Bonchev–Trinajstić information content (AvgIpc) is 3.25. The lowest BCUT2D eigenvalue weighted by Gasteiger charge is -2.36. The van der Waals surface area contributed by atoms with Gasteiger partial charge in [0.25, 0.3) is 0 Å². The summed E-state index contributed by atoms with van der Waals surface area (Å²) in [6.07, 6.45) is 1.81. The van der Waals surface area contributed by atoms with E-state index in [-0.39, 0.29) is 5.41 Å². The predicted octanol–water partition coefficient (Wildman–Crippen LogP) is 2.88. The molecule has 0 atom stereocenters. The predicted molar refractivity (Wildman–Crippen MR) is 122 cm³/mol. The zero-order valence-electron chi connectivity index (χ0n) is 19.6. The van der Waals surface area contributed by atoms with Gasteiger partial charge in [-0.2, -0.15) is 0 Å². The largest absolute Gasteiger partial charge is 0.497 e. The lowest BCUT2D eigenvalue weighted by Crippen LogP contribution is -2.52. The molecule has 2 heterocycles. The molecule has 0 bridgehead atoms. The van der Waals surface area contributed by atoms with E-state index < -0.39 is 0 Å². The lowest BCUT2D eigenvalue weighted by molar-refractivity contribution is 0.170. The maximum Gasteiger partial charge on any atom is 0.213 e. The molecule has 0 radical (unpaired) electrons. The van der Waals surface area contributed by atoms with Gasteiger partial charge in [0, 0.05) is 50.7 Å². The van der Waals surface area contributed by atoms with Gasteiger partial charge in [0.05, 0.1) is 27.0 Å². The molecule has 8 heteroatoms. The minimum Gasteiger partial charge on any atom is -0.497 e. The Morgan fingerprint density at radius 1 is 1.16 bits per heavy atom. The van der Waals surface area contributed by atoms with Gasteiger partial charge in [-0.25, -0.2) is 4.98 Å². The van der Waals surface area contributed by atoms with E-state index in [9.17, 15) is 0 Å². The van der Waals surface area contributed by atoms with E-state index >= 15 is 0 Å². The quantitative estimate of drug-likeness (QED) is 0.559. The topological polar surface area (TPSA) is 75.4 Å². The van der Waals surface area contributed by atoms with E-state index in [1.165, 1.54) is 0 Å². The molecule has 8 nitrogen and oxygen atoms in total. The summed E-state index contributed by atoms with van der Waals surface area (Å²) in [5.41, 5.74) is 1.09. The van der Waals surface area contributed by atoms with Crippen molar-refractivity contribution in [2.45, 2.75) is 39.3 Å². The number of guanidine groups is 1. The number of hydrogen-bond donors (Lipinski definition) is 1. The fourth-order valence-electron chi connectivity index (χ4n) is 3.59. The Hall–Kier alpha value is -2.74. The third-order valence-electron chi connectivity index (χ3n) is 5.46. The van der Waals surface area contributed by atoms with Crippen LogP contribution in [0.5, 0.6) is 11.5 Å². The molecule has 31 heavy (non-hydrogen) atoms. The molecular weight excluding hydrogens is 394 g/mol. The fourth-order valence-corrected chi connectivity index (χ4v) is 3.59. The molecule has 1 aromatic carbocycles. The number of nitrogens with zero attached hydrogens (tertiary/aromatic N) is 4. The zero-order valence-corrected chi connectivity index (χ0v) is 19.6. The van der Waals surface area contributed by atoms with Crippen molar-refractivity contribution in [2.75, 3.05) is 47.4 Å². The second kappa shape index (κ2) is 10.0. The summed E-state index contributed by atoms with van der Waals surface area (Å²) >= 11 is 0. The first-order chi connectivity index (χ1) is 14.8. The minimum atomic E-state index is -0.0469. The van der Waals surface area contributed by atoms with Crippen LogP contribution in [0.1, 0.15) is 38.0 Å². The molecule has 1 aliphatic rings. The van der Waals surface area contributed by atoms with E-state index in [4.69, 9.17) is 13.9 Å². The van der Waals surface area contributed by atoms with Crippen LogP contribution in [0.2, 0.25) is 0 Å². The van der Waals surface area contributed by atoms with Crippen molar-refractivity contribution in [2.24, 2.45) is 4.99 Å². The van der Waals surface area contributed by atoms with Gasteiger partial charge in [-0.15, -0.1) is 0 Å². The number of piperazine rings is 1. The molecule has 1 aliphatic heterocycles. The van der Waals surface area contributed by atoms with E-state index in [1.54, 1.807) is 14.2 Å². The maximum atomic E-state index is 5.88. The molecule has 0 spiro atoms. The summed E-state index contributed by atoms with van der Waals surface area (Å²) in [7, 11) is 5.20. The molecule has 0 saturated carbocycles. The van der Waals surface area contributed by atoms with Crippen LogP contribution in [0, 0.1) is 0 Å². The first kappa shape index (κ1) is 22.9. The number of methoxy groups -OCH3 is 2. The van der Waals surface area contributed by atoms with Crippen LogP contribution in [-0.2, 0) is 18.5 Å². The molecule has 1 N–H and O–H groups in total. The van der Waals surface area contributed by atoms with E-state index in [1.807, 2.05) is 31.4 Å². The van der Waals surface area contributed by atoms with Gasteiger partial charge >= 0.3 is 0 Å². The number of nitrogens with one attached hydrogen (secondary N) is 1. The van der Waals surface area contributed by atoms with Crippen molar-refractivity contribution in [3.63, 3.8) is 0 Å². The van der Waals surface area contributed by atoms with Gasteiger partial charge in [0.2, 0.25) is 5.89 Å². The fraction of sp³-hybridized carbons (Fsp3) is 0.565. The number of benzene rings is 1. The zero-order chi connectivity index (χ0) is 22.4. The summed E-state index contributed by atoms with van der Waals surface area (Å²) in [5.74, 6) is 4.17. The number of oxazole rings is 1. The second-order valence-electron chi connectivity index (χ2n) is 8.71. The molecule has 3 rings (SSSR count). The van der Waals surface area contributed by atoms with Crippen LogP contribution in [-0.4, -0.2) is 68.2 Å². The molecule has 1 fully saturated rings. The van der Waals surface area contributed by atoms with E-state index in [0.29, 0.717) is 12.4 Å². The number of rotatable bonds is 6. The number of aliphatic imine (C=N–C) groups is 1. The molecular formula is C23H35N5O3. The maximum absolute atomic E-state index is 5.88. The summed E-state index contributed by atoms with van der Waals surface area (Å²) in [5, 5.41) is 3.38. The molecule has 1 aromatic heterocycles. The Morgan fingerprint density at radius 3 is 2.48 bits per heavy atom. The van der Waals surface area contributed by atoms with Crippen LogP contribution < -0.4 is 14.8 Å². The van der Waals surface area contributed by atoms with Crippen molar-refractivity contribution < 1.29 is 13.9 Å². The first-order valence-electron chi connectivity index (χ1n) is 10.7. The highest BCUT2D eigenvalue weighted by molar-refractivity contribution is 5.79. The van der Waals surface area contributed by atoms with Gasteiger partial charge in [-0.1, -0.05) is 20.8 Å². The first-order valence-corrected chi connectivity index (χ1v) is 10.7. The summed E-state index contributed by atoms with van der Waals surface area (Å²) in [4.78, 5) is 13.5.